The molecule has 0 saturated carbocycles. The van der Waals surface area contributed by atoms with Crippen LogP contribution in [0.3, 0.4) is 0 Å². The van der Waals surface area contributed by atoms with E-state index in [-0.39, 0.29) is 37.5 Å². The lowest BCUT2D eigenvalue weighted by Crippen LogP contribution is -2.27. The lowest BCUT2D eigenvalue weighted by molar-refractivity contribution is -0.163. The Kier molecular flexibility index (Phi) is 16.1. The van der Waals surface area contributed by atoms with Crippen molar-refractivity contribution in [3.8, 4) is 0 Å². The second-order valence-corrected chi connectivity index (χ2v) is 8.38. The minimum Gasteiger partial charge on any atom is -0.462 e. The van der Waals surface area contributed by atoms with Crippen molar-refractivity contribution in [2.24, 2.45) is 5.92 Å². The highest BCUT2D eigenvalue weighted by atomic mass is 16.6. The number of rotatable bonds is 17. The predicted molar refractivity (Wildman–Crippen MR) is 114 cm³/mol. The minimum atomic E-state index is -0.306. The maximum absolute atomic E-state index is 11.9. The zero-order valence-corrected chi connectivity index (χ0v) is 18.4. The first-order valence-corrected chi connectivity index (χ1v) is 12.1. The molecule has 164 valence electrons. The molecular formula is C24H44O4. The third kappa shape index (κ3) is 14.0. The van der Waals surface area contributed by atoms with Gasteiger partial charge in [0.25, 0.3) is 0 Å². The molecule has 1 rings (SSSR count). The van der Waals surface area contributed by atoms with Gasteiger partial charge in [0.1, 0.15) is 13.2 Å². The topological polar surface area (TPSA) is 52.6 Å². The second kappa shape index (κ2) is 18.0. The average Bonchev–Trinajstić information content (AvgIpc) is 2.68. The van der Waals surface area contributed by atoms with E-state index in [2.05, 4.69) is 6.92 Å². The van der Waals surface area contributed by atoms with Gasteiger partial charge in [-0.15, -0.1) is 0 Å². The molecular weight excluding hydrogens is 352 g/mol. The molecule has 1 saturated heterocycles. The molecule has 1 aliphatic rings. The Labute approximate surface area is 173 Å². The Morgan fingerprint density at radius 1 is 0.643 bits per heavy atom. The van der Waals surface area contributed by atoms with Crippen LogP contribution in [0.2, 0.25) is 0 Å². The standard InChI is InChI=1S/C24H44O4/c1-2-3-4-5-6-7-8-9-10-11-12-13-14-15-16-17-18-22-21-23(25)27-19-20-28-24(22)26/h22H,2-21H2,1H3. The zero-order chi connectivity index (χ0) is 20.3. The van der Waals surface area contributed by atoms with Crippen molar-refractivity contribution in [3.05, 3.63) is 0 Å². The normalized spacial score (nSPS) is 17.7. The molecule has 0 aromatic heterocycles. The van der Waals surface area contributed by atoms with E-state index >= 15 is 0 Å². The number of hydrogen-bond donors (Lipinski definition) is 0. The zero-order valence-electron chi connectivity index (χ0n) is 18.4. The van der Waals surface area contributed by atoms with Gasteiger partial charge in [-0.3, -0.25) is 9.59 Å². The summed E-state index contributed by atoms with van der Waals surface area (Å²) >= 11 is 0. The van der Waals surface area contributed by atoms with E-state index in [0.29, 0.717) is 0 Å². The first-order valence-electron chi connectivity index (χ1n) is 12.1. The lowest BCUT2D eigenvalue weighted by Gasteiger charge is -2.18. The summed E-state index contributed by atoms with van der Waals surface area (Å²) in [6, 6.07) is 0. The van der Waals surface area contributed by atoms with Crippen molar-refractivity contribution in [2.45, 2.75) is 122 Å². The monoisotopic (exact) mass is 396 g/mol. The summed E-state index contributed by atoms with van der Waals surface area (Å²) in [5.41, 5.74) is 0. The van der Waals surface area contributed by atoms with Crippen LogP contribution in [0.15, 0.2) is 0 Å². The van der Waals surface area contributed by atoms with E-state index < -0.39 is 0 Å². The molecule has 0 amide bonds. The van der Waals surface area contributed by atoms with E-state index in [1.54, 1.807) is 0 Å². The third-order valence-corrected chi connectivity index (χ3v) is 5.74. The molecule has 0 radical (unpaired) electrons. The number of unbranched alkanes of at least 4 members (excludes halogenated alkanes) is 15. The largest absolute Gasteiger partial charge is 0.462 e. The Bertz CT molecular complexity index is 394. The number of cyclic esters (lactones) is 2. The van der Waals surface area contributed by atoms with E-state index in [0.717, 1.165) is 19.3 Å². The van der Waals surface area contributed by atoms with Crippen LogP contribution >= 0.6 is 0 Å². The number of hydrogen-bond acceptors (Lipinski definition) is 4. The fourth-order valence-electron chi connectivity index (χ4n) is 3.92. The van der Waals surface area contributed by atoms with Gasteiger partial charge < -0.3 is 9.47 Å². The van der Waals surface area contributed by atoms with Crippen LogP contribution in [0.4, 0.5) is 0 Å². The molecule has 4 nitrogen and oxygen atoms in total. The molecule has 0 aliphatic carbocycles. The van der Waals surface area contributed by atoms with Crippen LogP contribution in [0.1, 0.15) is 122 Å². The maximum Gasteiger partial charge on any atom is 0.309 e. The molecule has 0 bridgehead atoms. The van der Waals surface area contributed by atoms with Crippen molar-refractivity contribution in [1.29, 1.82) is 0 Å². The van der Waals surface area contributed by atoms with E-state index in [1.807, 2.05) is 0 Å². The lowest BCUT2D eigenvalue weighted by atomic mass is 9.97. The van der Waals surface area contributed by atoms with Crippen LogP contribution in [-0.2, 0) is 19.1 Å². The Morgan fingerprint density at radius 2 is 1.07 bits per heavy atom. The number of ether oxygens (including phenoxy) is 2. The van der Waals surface area contributed by atoms with Gasteiger partial charge in [-0.1, -0.05) is 110 Å². The molecule has 0 aromatic rings. The van der Waals surface area contributed by atoms with Gasteiger partial charge in [0.15, 0.2) is 0 Å². The van der Waals surface area contributed by atoms with Gasteiger partial charge in [0, 0.05) is 0 Å². The van der Waals surface area contributed by atoms with Crippen LogP contribution in [-0.4, -0.2) is 25.2 Å². The highest BCUT2D eigenvalue weighted by Crippen LogP contribution is 2.19. The summed E-state index contributed by atoms with van der Waals surface area (Å²) in [5.74, 6) is -0.796. The molecule has 4 heteroatoms. The van der Waals surface area contributed by atoms with Gasteiger partial charge in [0.05, 0.1) is 12.3 Å². The van der Waals surface area contributed by atoms with Crippen LogP contribution < -0.4 is 0 Å². The molecule has 1 unspecified atom stereocenters. The van der Waals surface area contributed by atoms with Gasteiger partial charge >= 0.3 is 11.9 Å². The summed E-state index contributed by atoms with van der Waals surface area (Å²) in [6.45, 7) is 2.66. The summed E-state index contributed by atoms with van der Waals surface area (Å²) in [7, 11) is 0. The second-order valence-electron chi connectivity index (χ2n) is 8.38. The quantitative estimate of drug-likeness (QED) is 0.202. The SMILES string of the molecule is CCCCCCCCCCCCCCCCCCC1CC(=O)OCCOC1=O. The average molecular weight is 397 g/mol. The van der Waals surface area contributed by atoms with E-state index in [9.17, 15) is 9.59 Å². The maximum atomic E-state index is 11.9. The highest BCUT2D eigenvalue weighted by Gasteiger charge is 2.25. The minimum absolute atomic E-state index is 0.178. The molecule has 28 heavy (non-hydrogen) atoms. The van der Waals surface area contributed by atoms with Gasteiger partial charge in [-0.25, -0.2) is 0 Å². The summed E-state index contributed by atoms with van der Waals surface area (Å²) in [4.78, 5) is 23.4. The molecule has 1 aliphatic heterocycles. The number of esters is 2. The number of carbonyl (C=O) groups is 2. The van der Waals surface area contributed by atoms with Crippen molar-refractivity contribution in [1.82, 2.24) is 0 Å². The summed E-state index contributed by atoms with van der Waals surface area (Å²) in [5, 5.41) is 0. The van der Waals surface area contributed by atoms with Crippen molar-refractivity contribution < 1.29 is 19.1 Å². The predicted octanol–water partition coefficient (Wildman–Crippen LogP) is 6.74. The first kappa shape index (κ1) is 25.0. The Morgan fingerprint density at radius 3 is 1.57 bits per heavy atom. The molecule has 0 aromatic carbocycles. The van der Waals surface area contributed by atoms with Crippen LogP contribution in [0.25, 0.3) is 0 Å². The van der Waals surface area contributed by atoms with Gasteiger partial charge in [-0.2, -0.15) is 0 Å². The Hall–Kier alpha value is -1.06. The molecule has 1 fully saturated rings. The molecule has 1 heterocycles. The fourth-order valence-corrected chi connectivity index (χ4v) is 3.92. The summed E-state index contributed by atoms with van der Waals surface area (Å²) < 4.78 is 10.1. The van der Waals surface area contributed by atoms with Crippen molar-refractivity contribution in [3.63, 3.8) is 0 Å². The Balaban J connectivity index is 1.83. The molecule has 1 atom stereocenters. The molecule has 0 spiro atoms. The summed E-state index contributed by atoms with van der Waals surface area (Å²) in [6.07, 6.45) is 22.3. The van der Waals surface area contributed by atoms with Crippen molar-refractivity contribution in [2.75, 3.05) is 13.2 Å². The fraction of sp³-hybridized carbons (Fsp3) is 0.917. The van der Waals surface area contributed by atoms with E-state index in [4.69, 9.17) is 9.47 Å². The highest BCUT2D eigenvalue weighted by molar-refractivity contribution is 5.80. The van der Waals surface area contributed by atoms with Crippen LogP contribution in [0.5, 0.6) is 0 Å². The third-order valence-electron chi connectivity index (χ3n) is 5.74. The first-order chi connectivity index (χ1) is 13.7. The van der Waals surface area contributed by atoms with Gasteiger partial charge in [-0.05, 0) is 6.42 Å². The molecule has 0 N–H and O–H groups in total. The van der Waals surface area contributed by atoms with E-state index in [1.165, 1.54) is 89.9 Å². The van der Waals surface area contributed by atoms with Crippen LogP contribution in [0, 0.1) is 5.92 Å². The van der Waals surface area contributed by atoms with Crippen molar-refractivity contribution >= 4 is 11.9 Å². The smallest absolute Gasteiger partial charge is 0.309 e. The van der Waals surface area contributed by atoms with Gasteiger partial charge in [0.2, 0.25) is 0 Å². The number of carbonyl (C=O) groups excluding carboxylic acids is 2.